The first-order valence-electron chi connectivity index (χ1n) is 13.5. The molecule has 3 aliphatic rings. The van der Waals surface area contributed by atoms with Gasteiger partial charge in [0.25, 0.3) is 11.8 Å². The summed E-state index contributed by atoms with van der Waals surface area (Å²) in [7, 11) is 0. The van der Waals surface area contributed by atoms with Crippen LogP contribution in [-0.2, 0) is 4.74 Å². The number of likely N-dealkylation sites (tertiary alicyclic amines) is 1. The highest BCUT2D eigenvalue weighted by molar-refractivity contribution is 5.97. The van der Waals surface area contributed by atoms with E-state index in [0.717, 1.165) is 51.9 Å². The second kappa shape index (κ2) is 13.7. The monoisotopic (exact) mass is 539 g/mol. The van der Waals surface area contributed by atoms with Crippen molar-refractivity contribution in [3.63, 3.8) is 0 Å². The number of urea groups is 1. The number of benzene rings is 1. The quantitative estimate of drug-likeness (QED) is 0.511. The van der Waals surface area contributed by atoms with Crippen molar-refractivity contribution in [2.45, 2.75) is 38.5 Å². The van der Waals surface area contributed by atoms with E-state index >= 15 is 0 Å². The van der Waals surface area contributed by atoms with Crippen molar-refractivity contribution in [3.05, 3.63) is 35.5 Å². The van der Waals surface area contributed by atoms with Gasteiger partial charge in [0.2, 0.25) is 5.95 Å². The van der Waals surface area contributed by atoms with Crippen LogP contribution in [0.2, 0.25) is 0 Å². The third-order valence-electron chi connectivity index (χ3n) is 6.91. The average Bonchev–Trinajstić information content (AvgIpc) is 2.99. The zero-order chi connectivity index (χ0) is 27.6. The second-order valence-corrected chi connectivity index (χ2v) is 9.71. The highest BCUT2D eigenvalue weighted by atomic mass is 16.5. The first-order chi connectivity index (χ1) is 18.9. The molecule has 4 heterocycles. The average molecular weight is 540 g/mol. The molecule has 13 heteroatoms. The molecule has 1 aromatic carbocycles. The highest BCUT2D eigenvalue weighted by Gasteiger charge is 2.21. The number of nitrogens with one attached hydrogen (secondary N) is 1. The molecule has 1 aromatic heterocycles. The van der Waals surface area contributed by atoms with Crippen molar-refractivity contribution in [1.82, 2.24) is 25.0 Å². The van der Waals surface area contributed by atoms with Crippen molar-refractivity contribution in [1.29, 1.82) is 0 Å². The number of primary amides is 2. The predicted octanol–water partition coefficient (Wildman–Crippen LogP) is 1.73. The van der Waals surface area contributed by atoms with Gasteiger partial charge in [0, 0.05) is 50.5 Å². The van der Waals surface area contributed by atoms with Crippen LogP contribution in [0.1, 0.15) is 59.4 Å². The minimum atomic E-state index is -0.707. The second-order valence-electron chi connectivity index (χ2n) is 9.71. The standard InChI is InChI=1S/C20H25N7O3.C6H12N2O/c21-17(28)16-18(23-20(25-24-16)27-8-2-1-3-9-27)22-15-6-4-14(5-7-15)19(29)26-10-12-30-13-11-26;7-6(9)8-4-2-1-3-5-8/h4-7H,1-3,8-13H2,(H2,21,28)(H,22,23,25);1-5H2,(H2,7,9). The highest BCUT2D eigenvalue weighted by Crippen LogP contribution is 2.22. The Balaban J connectivity index is 0.000000333. The molecule has 210 valence electrons. The number of ether oxygens (including phenoxy) is 1. The molecular weight excluding hydrogens is 502 g/mol. The molecule has 3 saturated heterocycles. The van der Waals surface area contributed by atoms with Crippen molar-refractivity contribution < 1.29 is 19.1 Å². The Morgan fingerprint density at radius 3 is 1.95 bits per heavy atom. The molecule has 5 rings (SSSR count). The van der Waals surface area contributed by atoms with Crippen LogP contribution in [0.5, 0.6) is 0 Å². The number of anilines is 3. The minimum absolute atomic E-state index is 0.0239. The third-order valence-corrected chi connectivity index (χ3v) is 6.91. The van der Waals surface area contributed by atoms with E-state index in [9.17, 15) is 14.4 Å². The number of carbonyl (C=O) groups is 3. The summed E-state index contributed by atoms with van der Waals surface area (Å²) in [4.78, 5) is 44.9. The van der Waals surface area contributed by atoms with Crippen LogP contribution >= 0.6 is 0 Å². The number of hydrogen-bond donors (Lipinski definition) is 3. The number of morpholine rings is 1. The molecule has 39 heavy (non-hydrogen) atoms. The van der Waals surface area contributed by atoms with Crippen LogP contribution in [0.4, 0.5) is 22.2 Å². The summed E-state index contributed by atoms with van der Waals surface area (Å²) in [6, 6.07) is 6.74. The summed E-state index contributed by atoms with van der Waals surface area (Å²) in [6.45, 7) is 5.72. The molecule has 5 N–H and O–H groups in total. The summed E-state index contributed by atoms with van der Waals surface area (Å²) < 4.78 is 5.29. The fourth-order valence-corrected chi connectivity index (χ4v) is 4.69. The normalized spacial score (nSPS) is 17.6. The number of rotatable bonds is 5. The Morgan fingerprint density at radius 1 is 0.769 bits per heavy atom. The van der Waals surface area contributed by atoms with Gasteiger partial charge >= 0.3 is 6.03 Å². The van der Waals surface area contributed by atoms with Gasteiger partial charge < -0.3 is 36.2 Å². The van der Waals surface area contributed by atoms with Crippen molar-refractivity contribution >= 4 is 35.3 Å². The first-order valence-corrected chi connectivity index (χ1v) is 13.5. The molecule has 0 bridgehead atoms. The Morgan fingerprint density at radius 2 is 1.38 bits per heavy atom. The SMILES string of the molecule is NC(=O)N1CCCCC1.NC(=O)c1nnc(N2CCCCC2)nc1Nc1ccc(C(=O)N2CCOCC2)cc1. The number of nitrogens with two attached hydrogens (primary N) is 2. The summed E-state index contributed by atoms with van der Waals surface area (Å²) in [5, 5.41) is 11.2. The zero-order valence-corrected chi connectivity index (χ0v) is 22.2. The Labute approximate surface area is 227 Å². The fraction of sp³-hybridized carbons (Fsp3) is 0.538. The topological polar surface area (TPSA) is 173 Å². The maximum Gasteiger partial charge on any atom is 0.314 e. The Bertz CT molecular complexity index is 1130. The number of piperidine rings is 2. The van der Waals surface area contributed by atoms with E-state index in [2.05, 4.69) is 25.4 Å². The lowest BCUT2D eigenvalue weighted by molar-refractivity contribution is 0.0303. The van der Waals surface area contributed by atoms with Gasteiger partial charge in [-0.05, 0) is 62.8 Å². The van der Waals surface area contributed by atoms with Crippen molar-refractivity contribution in [2.24, 2.45) is 11.5 Å². The van der Waals surface area contributed by atoms with Crippen LogP contribution in [0.15, 0.2) is 24.3 Å². The van der Waals surface area contributed by atoms with E-state index in [1.807, 2.05) is 0 Å². The van der Waals surface area contributed by atoms with E-state index in [4.69, 9.17) is 16.2 Å². The van der Waals surface area contributed by atoms with Crippen LogP contribution in [0, 0.1) is 0 Å². The van der Waals surface area contributed by atoms with Gasteiger partial charge in [0.1, 0.15) is 0 Å². The zero-order valence-electron chi connectivity index (χ0n) is 22.2. The summed E-state index contributed by atoms with van der Waals surface area (Å²) in [6.07, 6.45) is 6.80. The van der Waals surface area contributed by atoms with E-state index in [0.29, 0.717) is 43.5 Å². The molecule has 3 aliphatic heterocycles. The Kier molecular flexibility index (Phi) is 9.84. The lowest BCUT2D eigenvalue weighted by Gasteiger charge is -2.27. The van der Waals surface area contributed by atoms with Gasteiger partial charge in [-0.2, -0.15) is 4.98 Å². The van der Waals surface area contributed by atoms with Gasteiger partial charge in [-0.15, -0.1) is 10.2 Å². The largest absolute Gasteiger partial charge is 0.378 e. The van der Waals surface area contributed by atoms with Crippen molar-refractivity contribution in [3.8, 4) is 0 Å². The number of nitrogens with zero attached hydrogens (tertiary/aromatic N) is 6. The molecular formula is C26H37N9O4. The molecule has 0 radical (unpaired) electrons. The lowest BCUT2D eigenvalue weighted by atomic mass is 10.1. The van der Waals surface area contributed by atoms with Gasteiger partial charge in [-0.3, -0.25) is 9.59 Å². The fourth-order valence-electron chi connectivity index (χ4n) is 4.69. The molecule has 2 aromatic rings. The number of aromatic nitrogens is 3. The van der Waals surface area contributed by atoms with E-state index < -0.39 is 5.91 Å². The molecule has 0 atom stereocenters. The predicted molar refractivity (Wildman–Crippen MR) is 146 cm³/mol. The maximum absolute atomic E-state index is 12.6. The van der Waals surface area contributed by atoms with Crippen LogP contribution < -0.4 is 21.7 Å². The maximum atomic E-state index is 12.6. The molecule has 3 fully saturated rings. The van der Waals surface area contributed by atoms with Crippen LogP contribution in [-0.4, -0.2) is 95.3 Å². The van der Waals surface area contributed by atoms with Gasteiger partial charge in [-0.1, -0.05) is 0 Å². The van der Waals surface area contributed by atoms with Crippen molar-refractivity contribution in [2.75, 3.05) is 62.7 Å². The first kappa shape index (κ1) is 28.0. The molecule has 0 saturated carbocycles. The Hall–Kier alpha value is -4.00. The van der Waals surface area contributed by atoms with E-state index in [-0.39, 0.29) is 23.5 Å². The van der Waals surface area contributed by atoms with Gasteiger partial charge in [-0.25, -0.2) is 4.79 Å². The van der Waals surface area contributed by atoms with Gasteiger partial charge in [0.05, 0.1) is 13.2 Å². The molecule has 4 amide bonds. The lowest BCUT2D eigenvalue weighted by Crippen LogP contribution is -2.40. The van der Waals surface area contributed by atoms with Gasteiger partial charge in [0.15, 0.2) is 11.5 Å². The minimum Gasteiger partial charge on any atom is -0.378 e. The van der Waals surface area contributed by atoms with Crippen LogP contribution in [0.25, 0.3) is 0 Å². The summed E-state index contributed by atoms with van der Waals surface area (Å²) in [5.74, 6) is -0.00721. The van der Waals surface area contributed by atoms with Crippen LogP contribution in [0.3, 0.4) is 0 Å². The third kappa shape index (κ3) is 7.76. The molecule has 0 aliphatic carbocycles. The molecule has 0 unspecified atom stereocenters. The number of amides is 4. The molecule has 0 spiro atoms. The summed E-state index contributed by atoms with van der Waals surface area (Å²) >= 11 is 0. The molecule has 13 nitrogen and oxygen atoms in total. The summed E-state index contributed by atoms with van der Waals surface area (Å²) in [5.41, 5.74) is 11.7. The number of hydrogen-bond acceptors (Lipinski definition) is 9. The van der Waals surface area contributed by atoms with E-state index in [1.54, 1.807) is 34.1 Å². The number of carbonyl (C=O) groups excluding carboxylic acids is 3. The van der Waals surface area contributed by atoms with E-state index in [1.165, 1.54) is 12.8 Å². The smallest absolute Gasteiger partial charge is 0.314 e.